The minimum Gasteiger partial charge on any atom is -0.374 e. The van der Waals surface area contributed by atoms with Gasteiger partial charge in [-0.25, -0.2) is 0 Å². The number of fused-ring (bicyclic) bond motifs is 1. The summed E-state index contributed by atoms with van der Waals surface area (Å²) in [6, 6.07) is 3.72. The molecule has 25 heavy (non-hydrogen) atoms. The molecule has 1 aromatic rings. The van der Waals surface area contributed by atoms with Crippen LogP contribution < -0.4 is 10.3 Å². The number of pyridine rings is 1. The van der Waals surface area contributed by atoms with E-state index in [0.29, 0.717) is 18.1 Å². The Morgan fingerprint density at radius 2 is 2.12 bits per heavy atom. The van der Waals surface area contributed by atoms with Gasteiger partial charge >= 0.3 is 0 Å². The van der Waals surface area contributed by atoms with Crippen LogP contribution in [0.1, 0.15) is 19.0 Å². The molecule has 1 saturated heterocycles. The third-order valence-corrected chi connectivity index (χ3v) is 4.80. The van der Waals surface area contributed by atoms with Crippen molar-refractivity contribution in [3.8, 4) is 0 Å². The number of anilines is 1. The lowest BCUT2D eigenvalue weighted by Gasteiger charge is -2.35. The van der Waals surface area contributed by atoms with Crippen molar-refractivity contribution in [1.29, 1.82) is 0 Å². The van der Waals surface area contributed by atoms with Gasteiger partial charge in [0, 0.05) is 52.3 Å². The standard InChI is InChI=1S/C17H22N6OS/c1-3-21-9-11-22(12-10-21)17(25)20-19-14-6-8-23(13(2)24)15-5-4-7-18-16(14)15/h3-5,7H,1,6,8-12H2,2H3,(H,20,25)/b19-14-. The number of thiocarbonyl (C=S) groups is 1. The highest BCUT2D eigenvalue weighted by Crippen LogP contribution is 2.25. The zero-order chi connectivity index (χ0) is 17.8. The van der Waals surface area contributed by atoms with Crippen molar-refractivity contribution >= 4 is 34.6 Å². The van der Waals surface area contributed by atoms with Crippen molar-refractivity contribution in [3.05, 3.63) is 36.8 Å². The number of rotatable bonds is 2. The summed E-state index contributed by atoms with van der Waals surface area (Å²) in [5.74, 6) is 0.0110. The molecule has 7 nitrogen and oxygen atoms in total. The molecule has 8 heteroatoms. The fourth-order valence-corrected chi connectivity index (χ4v) is 3.25. The number of carbonyl (C=O) groups is 1. The van der Waals surface area contributed by atoms with Crippen molar-refractivity contribution in [3.63, 3.8) is 0 Å². The highest BCUT2D eigenvalue weighted by Gasteiger charge is 2.25. The van der Waals surface area contributed by atoms with E-state index >= 15 is 0 Å². The molecule has 1 amide bonds. The summed E-state index contributed by atoms with van der Waals surface area (Å²) in [4.78, 5) is 22.2. The SMILES string of the molecule is C=CN1CCN(C(=S)N/N=C2/CCN(C(C)=O)c3cccnc32)CC1. The van der Waals surface area contributed by atoms with Crippen LogP contribution in [0.5, 0.6) is 0 Å². The van der Waals surface area contributed by atoms with E-state index in [0.717, 1.165) is 43.3 Å². The first-order valence-corrected chi connectivity index (χ1v) is 8.72. The zero-order valence-corrected chi connectivity index (χ0v) is 15.1. The summed E-state index contributed by atoms with van der Waals surface area (Å²) in [6.07, 6.45) is 4.22. The van der Waals surface area contributed by atoms with Gasteiger partial charge in [-0.2, -0.15) is 5.10 Å². The van der Waals surface area contributed by atoms with E-state index < -0.39 is 0 Å². The smallest absolute Gasteiger partial charge is 0.223 e. The predicted octanol–water partition coefficient (Wildman–Crippen LogP) is 1.18. The number of hydrogen-bond donors (Lipinski definition) is 1. The molecule has 1 N–H and O–H groups in total. The largest absolute Gasteiger partial charge is 0.374 e. The van der Waals surface area contributed by atoms with E-state index in [1.807, 2.05) is 18.3 Å². The Balaban J connectivity index is 1.70. The molecule has 3 heterocycles. The lowest BCUT2D eigenvalue weighted by Crippen LogP contribution is -2.49. The minimum atomic E-state index is 0.0110. The number of nitrogens with one attached hydrogen (secondary N) is 1. The molecule has 0 aromatic carbocycles. The van der Waals surface area contributed by atoms with Gasteiger partial charge in [0.25, 0.3) is 0 Å². The second-order valence-corrected chi connectivity index (χ2v) is 6.36. The lowest BCUT2D eigenvalue weighted by atomic mass is 10.1. The number of hydrogen-bond acceptors (Lipinski definition) is 5. The average Bonchev–Trinajstić information content (AvgIpc) is 2.65. The Hall–Kier alpha value is -2.48. The Morgan fingerprint density at radius 1 is 1.36 bits per heavy atom. The molecular weight excluding hydrogens is 336 g/mol. The molecule has 0 atom stereocenters. The molecule has 0 bridgehead atoms. The Morgan fingerprint density at radius 3 is 2.80 bits per heavy atom. The van der Waals surface area contributed by atoms with Crippen LogP contribution in [-0.2, 0) is 4.79 Å². The monoisotopic (exact) mass is 358 g/mol. The summed E-state index contributed by atoms with van der Waals surface area (Å²) in [5.41, 5.74) is 5.35. The van der Waals surface area contributed by atoms with Crippen LogP contribution in [0.3, 0.4) is 0 Å². The highest BCUT2D eigenvalue weighted by atomic mass is 32.1. The molecule has 1 fully saturated rings. The van der Waals surface area contributed by atoms with Gasteiger partial charge in [-0.3, -0.25) is 15.2 Å². The number of nitrogens with zero attached hydrogens (tertiary/aromatic N) is 5. The third-order valence-electron chi connectivity index (χ3n) is 4.45. The molecule has 0 aliphatic carbocycles. The zero-order valence-electron chi connectivity index (χ0n) is 14.3. The average molecular weight is 358 g/mol. The topological polar surface area (TPSA) is 64.1 Å². The first kappa shape index (κ1) is 17.3. The quantitative estimate of drug-likeness (QED) is 0.633. The molecule has 2 aliphatic rings. The van der Waals surface area contributed by atoms with Gasteiger partial charge < -0.3 is 14.7 Å². The first-order valence-electron chi connectivity index (χ1n) is 8.31. The van der Waals surface area contributed by atoms with Crippen LogP contribution in [0.15, 0.2) is 36.2 Å². The van der Waals surface area contributed by atoms with E-state index in [1.54, 1.807) is 18.0 Å². The van der Waals surface area contributed by atoms with Crippen molar-refractivity contribution in [2.45, 2.75) is 13.3 Å². The van der Waals surface area contributed by atoms with Gasteiger partial charge in [-0.1, -0.05) is 6.58 Å². The van der Waals surface area contributed by atoms with Crippen LogP contribution in [-0.4, -0.2) is 64.2 Å². The van der Waals surface area contributed by atoms with Crippen LogP contribution in [0.25, 0.3) is 0 Å². The number of amides is 1. The Kier molecular flexibility index (Phi) is 5.28. The first-order chi connectivity index (χ1) is 12.1. The summed E-state index contributed by atoms with van der Waals surface area (Å²) in [6.45, 7) is 9.45. The summed E-state index contributed by atoms with van der Waals surface area (Å²) >= 11 is 5.46. The molecule has 0 radical (unpaired) electrons. The van der Waals surface area contributed by atoms with Gasteiger partial charge in [0.15, 0.2) is 5.11 Å². The van der Waals surface area contributed by atoms with Crippen molar-refractivity contribution < 1.29 is 4.79 Å². The molecule has 0 unspecified atom stereocenters. The normalized spacial score (nSPS) is 18.8. The summed E-state index contributed by atoms with van der Waals surface area (Å²) < 4.78 is 0. The van der Waals surface area contributed by atoms with Crippen molar-refractivity contribution in [2.24, 2.45) is 5.10 Å². The van der Waals surface area contributed by atoms with Crippen LogP contribution in [0.4, 0.5) is 5.69 Å². The summed E-state index contributed by atoms with van der Waals surface area (Å²) in [5, 5.41) is 5.10. The van der Waals surface area contributed by atoms with Gasteiger partial charge in [-0.05, 0) is 30.6 Å². The van der Waals surface area contributed by atoms with E-state index in [-0.39, 0.29) is 5.91 Å². The highest BCUT2D eigenvalue weighted by molar-refractivity contribution is 7.80. The van der Waals surface area contributed by atoms with Gasteiger partial charge in [0.05, 0.1) is 11.4 Å². The maximum atomic E-state index is 11.8. The van der Waals surface area contributed by atoms with E-state index in [1.165, 1.54) is 0 Å². The summed E-state index contributed by atoms with van der Waals surface area (Å²) in [7, 11) is 0. The minimum absolute atomic E-state index is 0.0110. The van der Waals surface area contributed by atoms with E-state index in [2.05, 4.69) is 31.9 Å². The number of aromatic nitrogens is 1. The fraction of sp³-hybridized carbons (Fsp3) is 0.412. The van der Waals surface area contributed by atoms with Gasteiger partial charge in [0.1, 0.15) is 5.69 Å². The molecule has 132 valence electrons. The van der Waals surface area contributed by atoms with Gasteiger partial charge in [-0.15, -0.1) is 0 Å². The fourth-order valence-electron chi connectivity index (χ4n) is 3.02. The number of piperazine rings is 1. The lowest BCUT2D eigenvalue weighted by molar-refractivity contribution is -0.116. The third kappa shape index (κ3) is 3.79. The predicted molar refractivity (Wildman–Crippen MR) is 102 cm³/mol. The second-order valence-electron chi connectivity index (χ2n) is 5.97. The van der Waals surface area contributed by atoms with Crippen LogP contribution >= 0.6 is 12.2 Å². The molecule has 3 rings (SSSR count). The second kappa shape index (κ2) is 7.60. The maximum absolute atomic E-state index is 11.8. The van der Waals surface area contributed by atoms with Crippen molar-refractivity contribution in [1.82, 2.24) is 20.2 Å². The maximum Gasteiger partial charge on any atom is 0.223 e. The van der Waals surface area contributed by atoms with Crippen LogP contribution in [0.2, 0.25) is 0 Å². The van der Waals surface area contributed by atoms with E-state index in [9.17, 15) is 4.79 Å². The number of carbonyl (C=O) groups excluding carboxylic acids is 1. The van der Waals surface area contributed by atoms with Gasteiger partial charge in [0.2, 0.25) is 5.91 Å². The molecular formula is C17H22N6OS. The molecule has 2 aliphatic heterocycles. The molecule has 1 aromatic heterocycles. The number of hydrazone groups is 1. The molecule has 0 saturated carbocycles. The van der Waals surface area contributed by atoms with Crippen LogP contribution in [0, 0.1) is 0 Å². The molecule has 0 spiro atoms. The van der Waals surface area contributed by atoms with E-state index in [4.69, 9.17) is 12.2 Å². The Labute approximate surface area is 153 Å². The Bertz CT molecular complexity index is 711. The van der Waals surface area contributed by atoms with Crippen molar-refractivity contribution in [2.75, 3.05) is 37.6 Å².